The van der Waals surface area contributed by atoms with Crippen molar-refractivity contribution in [3.8, 4) is 0 Å². The molecule has 8 heteroatoms. The number of hydrazone groups is 1. The summed E-state index contributed by atoms with van der Waals surface area (Å²) in [6.07, 6.45) is 1.62. The van der Waals surface area contributed by atoms with Crippen LogP contribution < -0.4 is 15.6 Å². The fourth-order valence-corrected chi connectivity index (χ4v) is 1.97. The van der Waals surface area contributed by atoms with Gasteiger partial charge in [0.2, 0.25) is 5.91 Å². The molecule has 8 nitrogen and oxygen atoms in total. The molecule has 0 aromatic heterocycles. The number of carbonyl (C=O) groups is 1. The molecule has 25 heavy (non-hydrogen) atoms. The van der Waals surface area contributed by atoms with E-state index in [9.17, 15) is 14.9 Å². The molecule has 0 bridgehead atoms. The minimum atomic E-state index is -0.493. The summed E-state index contributed by atoms with van der Waals surface area (Å²) in [7, 11) is 3.93. The number of benzene rings is 2. The maximum absolute atomic E-state index is 11.8. The molecule has 0 aliphatic heterocycles. The summed E-state index contributed by atoms with van der Waals surface area (Å²) in [5.74, 6) is -0.297. The molecular weight excluding hydrogens is 322 g/mol. The summed E-state index contributed by atoms with van der Waals surface area (Å²) in [6, 6.07) is 13.4. The maximum Gasteiger partial charge on any atom is 0.269 e. The van der Waals surface area contributed by atoms with E-state index >= 15 is 0 Å². The van der Waals surface area contributed by atoms with Crippen molar-refractivity contribution in [3.63, 3.8) is 0 Å². The number of amides is 1. The third-order valence-corrected chi connectivity index (χ3v) is 3.32. The fraction of sp³-hybridized carbons (Fsp3) is 0.176. The Kier molecular flexibility index (Phi) is 6.05. The molecule has 2 aromatic rings. The average molecular weight is 341 g/mol. The van der Waals surface area contributed by atoms with Crippen molar-refractivity contribution in [2.45, 2.75) is 0 Å². The Balaban J connectivity index is 1.78. The van der Waals surface area contributed by atoms with E-state index in [1.165, 1.54) is 24.3 Å². The zero-order valence-corrected chi connectivity index (χ0v) is 14.0. The molecule has 0 saturated carbocycles. The van der Waals surface area contributed by atoms with Crippen LogP contribution in [0, 0.1) is 10.1 Å². The first-order chi connectivity index (χ1) is 12.0. The van der Waals surface area contributed by atoms with Crippen LogP contribution in [0.4, 0.5) is 17.1 Å². The maximum atomic E-state index is 11.8. The second-order valence-corrected chi connectivity index (χ2v) is 5.43. The van der Waals surface area contributed by atoms with Gasteiger partial charge in [-0.2, -0.15) is 5.10 Å². The number of carbonyl (C=O) groups excluding carboxylic acids is 1. The first-order valence-electron chi connectivity index (χ1n) is 7.53. The van der Waals surface area contributed by atoms with Crippen LogP contribution in [0.25, 0.3) is 0 Å². The average Bonchev–Trinajstić information content (AvgIpc) is 2.59. The highest BCUT2D eigenvalue weighted by Gasteiger charge is 2.05. The van der Waals surface area contributed by atoms with E-state index in [2.05, 4.69) is 15.8 Å². The fourth-order valence-electron chi connectivity index (χ4n) is 1.97. The standard InChI is InChI=1S/C17H19N5O3/c1-21(2)15-7-3-13(4-8-15)11-18-19-12-17(23)20-14-5-9-16(10-6-14)22(24)25/h3-11,19H,12H2,1-2H3,(H,20,23)/b18-11+. The van der Waals surface area contributed by atoms with Crippen LogP contribution in [0.5, 0.6) is 0 Å². The van der Waals surface area contributed by atoms with Gasteiger partial charge in [-0.05, 0) is 29.8 Å². The molecule has 0 fully saturated rings. The van der Waals surface area contributed by atoms with Crippen LogP contribution >= 0.6 is 0 Å². The highest BCUT2D eigenvalue weighted by molar-refractivity contribution is 5.92. The molecule has 2 aromatic carbocycles. The quantitative estimate of drug-likeness (QED) is 0.457. The Morgan fingerprint density at radius 2 is 1.80 bits per heavy atom. The van der Waals surface area contributed by atoms with Gasteiger partial charge in [-0.1, -0.05) is 12.1 Å². The smallest absolute Gasteiger partial charge is 0.269 e. The zero-order chi connectivity index (χ0) is 18.2. The van der Waals surface area contributed by atoms with E-state index in [-0.39, 0.29) is 18.1 Å². The number of nitrogens with zero attached hydrogens (tertiary/aromatic N) is 3. The second kappa shape index (κ2) is 8.44. The van der Waals surface area contributed by atoms with Crippen molar-refractivity contribution in [3.05, 3.63) is 64.2 Å². The Morgan fingerprint density at radius 3 is 2.36 bits per heavy atom. The zero-order valence-electron chi connectivity index (χ0n) is 14.0. The third kappa shape index (κ3) is 5.61. The first-order valence-corrected chi connectivity index (χ1v) is 7.53. The number of hydrogen-bond acceptors (Lipinski definition) is 6. The van der Waals surface area contributed by atoms with Crippen molar-refractivity contribution in [2.24, 2.45) is 5.10 Å². The Bertz CT molecular complexity index is 755. The monoisotopic (exact) mass is 341 g/mol. The summed E-state index contributed by atoms with van der Waals surface area (Å²) in [6.45, 7) is -0.0106. The lowest BCUT2D eigenvalue weighted by molar-refractivity contribution is -0.384. The summed E-state index contributed by atoms with van der Waals surface area (Å²) in [5.41, 5.74) is 5.12. The van der Waals surface area contributed by atoms with Crippen LogP contribution in [0.15, 0.2) is 53.6 Å². The molecule has 0 unspecified atom stereocenters. The van der Waals surface area contributed by atoms with Crippen molar-refractivity contribution in [1.29, 1.82) is 0 Å². The minimum Gasteiger partial charge on any atom is -0.378 e. The summed E-state index contributed by atoms with van der Waals surface area (Å²) in [5, 5.41) is 17.2. The van der Waals surface area contributed by atoms with Gasteiger partial charge in [-0.3, -0.25) is 14.9 Å². The van der Waals surface area contributed by atoms with Gasteiger partial charge < -0.3 is 15.6 Å². The molecule has 0 saturated heterocycles. The van der Waals surface area contributed by atoms with Crippen LogP contribution in [0.2, 0.25) is 0 Å². The topological polar surface area (TPSA) is 99.9 Å². The lowest BCUT2D eigenvalue weighted by Gasteiger charge is -2.11. The largest absolute Gasteiger partial charge is 0.378 e. The normalized spacial score (nSPS) is 10.5. The van der Waals surface area contributed by atoms with Gasteiger partial charge >= 0.3 is 0 Å². The summed E-state index contributed by atoms with van der Waals surface area (Å²) < 4.78 is 0. The summed E-state index contributed by atoms with van der Waals surface area (Å²) >= 11 is 0. The number of rotatable bonds is 7. The van der Waals surface area contributed by atoms with Gasteiger partial charge in [0.25, 0.3) is 5.69 Å². The molecule has 0 aliphatic carbocycles. The number of nitro groups is 1. The molecule has 0 aliphatic rings. The molecular formula is C17H19N5O3. The first kappa shape index (κ1) is 17.9. The van der Waals surface area contributed by atoms with Crippen molar-refractivity contribution >= 4 is 29.2 Å². The lowest BCUT2D eigenvalue weighted by Crippen LogP contribution is -2.24. The molecule has 0 spiro atoms. The third-order valence-electron chi connectivity index (χ3n) is 3.32. The van der Waals surface area contributed by atoms with Crippen LogP contribution in [0.1, 0.15) is 5.56 Å². The SMILES string of the molecule is CN(C)c1ccc(/C=N/NCC(=O)Nc2ccc([N+](=O)[O-])cc2)cc1. The number of nitro benzene ring substituents is 1. The highest BCUT2D eigenvalue weighted by Crippen LogP contribution is 2.15. The van der Waals surface area contributed by atoms with E-state index in [1.807, 2.05) is 43.3 Å². The highest BCUT2D eigenvalue weighted by atomic mass is 16.6. The van der Waals surface area contributed by atoms with E-state index in [1.54, 1.807) is 6.21 Å². The predicted octanol–water partition coefficient (Wildman–Crippen LogP) is 2.22. The lowest BCUT2D eigenvalue weighted by atomic mass is 10.2. The number of non-ortho nitro benzene ring substituents is 1. The van der Waals surface area contributed by atoms with Gasteiger partial charge in [-0.25, -0.2) is 0 Å². The van der Waals surface area contributed by atoms with Crippen LogP contribution in [-0.4, -0.2) is 37.7 Å². The van der Waals surface area contributed by atoms with Crippen molar-refractivity contribution in [2.75, 3.05) is 30.9 Å². The number of nitrogens with one attached hydrogen (secondary N) is 2. The molecule has 2 N–H and O–H groups in total. The van der Waals surface area contributed by atoms with Crippen molar-refractivity contribution in [1.82, 2.24) is 5.43 Å². The van der Waals surface area contributed by atoms with Gasteiger partial charge in [-0.15, -0.1) is 0 Å². The van der Waals surface area contributed by atoms with E-state index in [0.717, 1.165) is 11.3 Å². The van der Waals surface area contributed by atoms with Gasteiger partial charge in [0.15, 0.2) is 0 Å². The second-order valence-electron chi connectivity index (χ2n) is 5.43. The van der Waals surface area contributed by atoms with Crippen molar-refractivity contribution < 1.29 is 9.72 Å². The van der Waals surface area contributed by atoms with Gasteiger partial charge in [0.05, 0.1) is 11.1 Å². The molecule has 0 radical (unpaired) electrons. The minimum absolute atomic E-state index is 0.0106. The number of hydrogen-bond donors (Lipinski definition) is 2. The summed E-state index contributed by atoms with van der Waals surface area (Å²) in [4.78, 5) is 23.9. The van der Waals surface area contributed by atoms with E-state index in [4.69, 9.17) is 0 Å². The van der Waals surface area contributed by atoms with E-state index < -0.39 is 4.92 Å². The Hall–Kier alpha value is -3.42. The molecule has 1 amide bonds. The Morgan fingerprint density at radius 1 is 1.16 bits per heavy atom. The Labute approximate surface area is 145 Å². The molecule has 0 heterocycles. The molecule has 130 valence electrons. The van der Waals surface area contributed by atoms with Crippen LogP contribution in [-0.2, 0) is 4.79 Å². The molecule has 0 atom stereocenters. The predicted molar refractivity (Wildman–Crippen MR) is 98.1 cm³/mol. The number of anilines is 2. The van der Waals surface area contributed by atoms with Gasteiger partial charge in [0, 0.05) is 37.6 Å². The van der Waals surface area contributed by atoms with Crippen LogP contribution in [0.3, 0.4) is 0 Å². The van der Waals surface area contributed by atoms with E-state index in [0.29, 0.717) is 5.69 Å². The van der Waals surface area contributed by atoms with Gasteiger partial charge in [0.1, 0.15) is 6.54 Å². The molecule has 2 rings (SSSR count).